The fourth-order valence-corrected chi connectivity index (χ4v) is 3.89. The van der Waals surface area contributed by atoms with Crippen LogP contribution in [0, 0.1) is 24.2 Å². The number of alkyl halides is 3. The number of rotatable bonds is 7. The van der Waals surface area contributed by atoms with Gasteiger partial charge in [-0.3, -0.25) is 9.59 Å². The Morgan fingerprint density at radius 3 is 2.12 bits per heavy atom. The minimum absolute atomic E-state index is 0.203. The number of halogens is 4. The van der Waals surface area contributed by atoms with Gasteiger partial charge in [-0.15, -0.1) is 0 Å². The number of hydrogen-bond acceptors (Lipinski definition) is 2. The third-order valence-electron chi connectivity index (χ3n) is 6.00. The lowest BCUT2D eigenvalue weighted by Crippen LogP contribution is -2.34. The summed E-state index contributed by atoms with van der Waals surface area (Å²) >= 11 is 5.86. The van der Waals surface area contributed by atoms with E-state index in [9.17, 15) is 27.9 Å². The molecular formula is C25H29ClF3NO3. The van der Waals surface area contributed by atoms with Crippen LogP contribution < -0.4 is 5.32 Å². The molecule has 0 heterocycles. The number of carboxylic acids is 1. The zero-order chi connectivity index (χ0) is 25.1. The summed E-state index contributed by atoms with van der Waals surface area (Å²) in [6.07, 6.45) is -4.35. The number of aliphatic carboxylic acids is 1. The van der Waals surface area contributed by atoms with Gasteiger partial charge in [-0.1, -0.05) is 63.6 Å². The molecule has 33 heavy (non-hydrogen) atoms. The van der Waals surface area contributed by atoms with Crippen molar-refractivity contribution in [2.24, 2.45) is 17.3 Å². The molecule has 0 bridgehead atoms. The Morgan fingerprint density at radius 2 is 1.64 bits per heavy atom. The van der Waals surface area contributed by atoms with Crippen LogP contribution in [0.15, 0.2) is 42.5 Å². The zero-order valence-corrected chi connectivity index (χ0v) is 20.0. The Morgan fingerprint density at radius 1 is 1.06 bits per heavy atom. The molecule has 1 unspecified atom stereocenters. The minimum Gasteiger partial charge on any atom is -0.481 e. The molecule has 0 aliphatic carbocycles. The summed E-state index contributed by atoms with van der Waals surface area (Å²) < 4.78 is 40.7. The maximum atomic E-state index is 13.6. The van der Waals surface area contributed by atoms with Crippen LogP contribution in [-0.2, 0) is 16.0 Å². The first-order chi connectivity index (χ1) is 15.1. The van der Waals surface area contributed by atoms with Crippen LogP contribution in [0.2, 0.25) is 5.02 Å². The van der Waals surface area contributed by atoms with Gasteiger partial charge in [0.2, 0.25) is 5.91 Å². The molecule has 3 atom stereocenters. The van der Waals surface area contributed by atoms with E-state index < -0.39 is 41.2 Å². The molecule has 0 aromatic heterocycles. The third kappa shape index (κ3) is 6.73. The lowest BCUT2D eigenvalue weighted by molar-refractivity contribution is -0.178. The van der Waals surface area contributed by atoms with Crippen molar-refractivity contribution in [2.75, 3.05) is 5.32 Å². The highest BCUT2D eigenvalue weighted by molar-refractivity contribution is 6.30. The van der Waals surface area contributed by atoms with Crippen LogP contribution in [0.25, 0.3) is 0 Å². The largest absolute Gasteiger partial charge is 0.481 e. The SMILES string of the molecule is Cc1c(CC(C(=O)O)C(C)(C)C)cccc1NC(=O)[C@H](c1ccc(Cl)cc1)[C@@H](C)C(F)(F)F. The summed E-state index contributed by atoms with van der Waals surface area (Å²) in [5.74, 6) is -5.81. The fourth-order valence-electron chi connectivity index (χ4n) is 3.76. The summed E-state index contributed by atoms with van der Waals surface area (Å²) in [6.45, 7) is 8.20. The molecule has 1 amide bonds. The Labute approximate surface area is 197 Å². The van der Waals surface area contributed by atoms with E-state index in [1.807, 2.05) is 20.8 Å². The molecule has 2 N–H and O–H groups in total. The fraction of sp³-hybridized carbons (Fsp3) is 0.440. The topological polar surface area (TPSA) is 66.4 Å². The highest BCUT2D eigenvalue weighted by Gasteiger charge is 2.45. The second-order valence-corrected chi connectivity index (χ2v) is 9.84. The van der Waals surface area contributed by atoms with Crippen LogP contribution in [0.3, 0.4) is 0 Å². The number of nitrogens with one attached hydrogen (secondary N) is 1. The average Bonchev–Trinajstić information content (AvgIpc) is 2.68. The molecule has 180 valence electrons. The summed E-state index contributed by atoms with van der Waals surface area (Å²) in [5.41, 5.74) is 1.38. The van der Waals surface area contributed by atoms with E-state index in [4.69, 9.17) is 11.6 Å². The first kappa shape index (κ1) is 26.7. The van der Waals surface area contributed by atoms with Crippen molar-refractivity contribution in [1.82, 2.24) is 0 Å². The summed E-state index contributed by atoms with van der Waals surface area (Å²) in [6, 6.07) is 10.7. The van der Waals surface area contributed by atoms with Gasteiger partial charge in [-0.05, 0) is 53.6 Å². The molecule has 0 aliphatic heterocycles. The molecule has 0 fully saturated rings. The number of carbonyl (C=O) groups is 2. The van der Waals surface area contributed by atoms with Crippen LogP contribution in [-0.4, -0.2) is 23.2 Å². The van der Waals surface area contributed by atoms with Gasteiger partial charge in [0.15, 0.2) is 0 Å². The van der Waals surface area contributed by atoms with Crippen molar-refractivity contribution in [3.63, 3.8) is 0 Å². The van der Waals surface area contributed by atoms with E-state index >= 15 is 0 Å². The van der Waals surface area contributed by atoms with Crippen LogP contribution >= 0.6 is 11.6 Å². The molecule has 2 aromatic rings. The first-order valence-electron chi connectivity index (χ1n) is 10.6. The smallest absolute Gasteiger partial charge is 0.392 e. The van der Waals surface area contributed by atoms with Gasteiger partial charge in [0.05, 0.1) is 17.8 Å². The van der Waals surface area contributed by atoms with Crippen LogP contribution in [0.5, 0.6) is 0 Å². The summed E-state index contributed by atoms with van der Waals surface area (Å²) in [4.78, 5) is 24.9. The van der Waals surface area contributed by atoms with Crippen molar-refractivity contribution >= 4 is 29.2 Å². The van der Waals surface area contributed by atoms with Gasteiger partial charge in [0, 0.05) is 10.7 Å². The number of amides is 1. The highest BCUT2D eigenvalue weighted by atomic mass is 35.5. The summed E-state index contributed by atoms with van der Waals surface area (Å²) in [7, 11) is 0. The van der Waals surface area contributed by atoms with E-state index in [0.717, 1.165) is 6.92 Å². The van der Waals surface area contributed by atoms with Crippen molar-refractivity contribution in [3.05, 3.63) is 64.2 Å². The molecule has 2 aromatic carbocycles. The quantitative estimate of drug-likeness (QED) is 0.452. The lowest BCUT2D eigenvalue weighted by atomic mass is 9.76. The molecule has 0 spiro atoms. The number of anilines is 1. The van der Waals surface area contributed by atoms with Crippen molar-refractivity contribution < 1.29 is 27.9 Å². The van der Waals surface area contributed by atoms with Gasteiger partial charge in [-0.2, -0.15) is 13.2 Å². The zero-order valence-electron chi connectivity index (χ0n) is 19.3. The van der Waals surface area contributed by atoms with E-state index in [2.05, 4.69) is 5.32 Å². The van der Waals surface area contributed by atoms with E-state index in [0.29, 0.717) is 21.8 Å². The predicted octanol–water partition coefficient (Wildman–Crippen LogP) is 6.86. The van der Waals surface area contributed by atoms with Gasteiger partial charge in [-0.25, -0.2) is 0 Å². The first-order valence-corrected chi connectivity index (χ1v) is 10.9. The third-order valence-corrected chi connectivity index (χ3v) is 6.25. The van der Waals surface area contributed by atoms with Gasteiger partial charge < -0.3 is 10.4 Å². The number of carboxylic acid groups (broad SMARTS) is 1. The minimum atomic E-state index is -4.58. The molecule has 0 radical (unpaired) electrons. The molecule has 2 rings (SSSR count). The van der Waals surface area contributed by atoms with Gasteiger partial charge in [0.25, 0.3) is 0 Å². The molecule has 8 heteroatoms. The van der Waals surface area contributed by atoms with Crippen molar-refractivity contribution in [2.45, 2.75) is 53.1 Å². The van der Waals surface area contributed by atoms with Crippen molar-refractivity contribution in [1.29, 1.82) is 0 Å². The Bertz CT molecular complexity index is 997. The Hall–Kier alpha value is -2.54. The standard InChI is InChI=1S/C25H29ClF3NO3/c1-14-17(13-19(23(32)33)24(3,4)5)7-6-8-20(14)30-22(31)21(15(2)25(27,28)29)16-9-11-18(26)12-10-16/h6-12,15,19,21H,13H2,1-5H3,(H,30,31)(H,32,33)/t15-,19?,21+/m1/s1. The highest BCUT2D eigenvalue weighted by Crippen LogP contribution is 2.39. The second-order valence-electron chi connectivity index (χ2n) is 9.40. The Kier molecular flexibility index (Phi) is 8.22. The monoisotopic (exact) mass is 483 g/mol. The lowest BCUT2D eigenvalue weighted by Gasteiger charge is -2.28. The van der Waals surface area contributed by atoms with Gasteiger partial charge in [0.1, 0.15) is 0 Å². The average molecular weight is 484 g/mol. The molecule has 0 saturated heterocycles. The number of hydrogen-bond donors (Lipinski definition) is 2. The van der Waals surface area contributed by atoms with Gasteiger partial charge >= 0.3 is 12.1 Å². The number of benzene rings is 2. The van der Waals surface area contributed by atoms with E-state index in [-0.39, 0.29) is 12.0 Å². The number of carbonyl (C=O) groups excluding carboxylic acids is 1. The maximum Gasteiger partial charge on any atom is 0.392 e. The normalized spacial score (nSPS) is 14.9. The van der Waals surface area contributed by atoms with Crippen LogP contribution in [0.1, 0.15) is 50.3 Å². The van der Waals surface area contributed by atoms with E-state index in [1.54, 1.807) is 25.1 Å². The molecular weight excluding hydrogens is 455 g/mol. The maximum absolute atomic E-state index is 13.6. The molecule has 0 aliphatic rings. The van der Waals surface area contributed by atoms with Crippen LogP contribution in [0.4, 0.5) is 18.9 Å². The molecule has 4 nitrogen and oxygen atoms in total. The molecule has 0 saturated carbocycles. The van der Waals surface area contributed by atoms with Crippen molar-refractivity contribution in [3.8, 4) is 0 Å². The predicted molar refractivity (Wildman–Crippen MR) is 124 cm³/mol. The summed E-state index contributed by atoms with van der Waals surface area (Å²) in [5, 5.41) is 12.6. The van der Waals surface area contributed by atoms with E-state index in [1.165, 1.54) is 24.3 Å². The second kappa shape index (κ2) is 10.2. The Balaban J connectivity index is 2.39.